The van der Waals surface area contributed by atoms with Crippen LogP contribution >= 0.6 is 0 Å². The van der Waals surface area contributed by atoms with Crippen molar-refractivity contribution in [3.63, 3.8) is 0 Å². The summed E-state index contributed by atoms with van der Waals surface area (Å²) in [4.78, 5) is 62.4. The molecule has 3 heterocycles. The van der Waals surface area contributed by atoms with Crippen molar-refractivity contribution in [1.29, 1.82) is 0 Å². The minimum Gasteiger partial charge on any atom is -0.467 e. The van der Waals surface area contributed by atoms with Gasteiger partial charge in [0.05, 0.1) is 37.9 Å². The van der Waals surface area contributed by atoms with E-state index in [-0.39, 0.29) is 18.6 Å². The topological polar surface area (TPSA) is 203 Å². The largest absolute Gasteiger partial charge is 0.467 e. The van der Waals surface area contributed by atoms with E-state index < -0.39 is 108 Å². The fraction of sp³-hybridized carbons (Fsp3) is 0.750. The lowest BCUT2D eigenvalue weighted by Crippen LogP contribution is -2.71. The lowest BCUT2D eigenvalue weighted by Gasteiger charge is -2.59. The predicted octanol–water partition coefficient (Wildman–Crippen LogP) is -1.12. The zero-order chi connectivity index (χ0) is 31.6. The first-order valence-corrected chi connectivity index (χ1v) is 13.9. The molecule has 4 fully saturated rings. The van der Waals surface area contributed by atoms with Crippen molar-refractivity contribution in [3.05, 3.63) is 11.6 Å². The number of carbonyl (C=O) groups excluding carboxylic acids is 5. The van der Waals surface area contributed by atoms with Crippen LogP contribution in [0.25, 0.3) is 0 Å². The van der Waals surface area contributed by atoms with E-state index >= 15 is 0 Å². The van der Waals surface area contributed by atoms with Gasteiger partial charge in [-0.15, -0.1) is 0 Å². The van der Waals surface area contributed by atoms with Crippen LogP contribution in [0.1, 0.15) is 41.0 Å². The maximum atomic E-state index is 13.3. The molecule has 1 spiro atoms. The van der Waals surface area contributed by atoms with Gasteiger partial charge >= 0.3 is 23.9 Å². The summed E-state index contributed by atoms with van der Waals surface area (Å²) >= 11 is 0. The molecule has 0 aromatic rings. The molecular formula is C28H36O15. The highest BCUT2D eigenvalue weighted by atomic mass is 16.7. The number of ketones is 1. The van der Waals surface area contributed by atoms with Crippen LogP contribution in [0.15, 0.2) is 11.6 Å². The van der Waals surface area contributed by atoms with Crippen molar-refractivity contribution in [1.82, 2.24) is 0 Å². The number of methoxy groups -OCH3 is 1. The quantitative estimate of drug-likeness (QED) is 0.199. The average molecular weight is 613 g/mol. The number of hydrogen-bond donors (Lipinski definition) is 2. The standard InChI is InChI=1S/C28H36O15/c1-11-7-16-27(22(34)17(11)33,26(5)8-15(32)23(42-16)28(26)10-38-28)9-37-25-21(41-14(4)31)19(40-13(3)30)18(39-12(2)29)20(43-25)24(35)36-6/h7,15-16,18-23,25,32,34H,8-10H2,1-6H3/t15-,16-,18+,19+,20+,21-,22-,23-,25-,26-,27-,28+/m1/s1. The second kappa shape index (κ2) is 10.9. The zero-order valence-corrected chi connectivity index (χ0v) is 24.6. The number of ether oxygens (including phenoxy) is 8. The van der Waals surface area contributed by atoms with E-state index in [0.717, 1.165) is 27.9 Å². The highest BCUT2D eigenvalue weighted by Crippen LogP contribution is 2.71. The van der Waals surface area contributed by atoms with Gasteiger partial charge in [-0.3, -0.25) is 19.2 Å². The fourth-order valence-corrected chi connectivity index (χ4v) is 7.42. The lowest BCUT2D eigenvalue weighted by atomic mass is 9.50. The van der Waals surface area contributed by atoms with Crippen molar-refractivity contribution in [3.8, 4) is 0 Å². The second-order valence-corrected chi connectivity index (χ2v) is 11.9. The first-order valence-electron chi connectivity index (χ1n) is 13.9. The average Bonchev–Trinajstić information content (AvgIpc) is 3.70. The highest BCUT2D eigenvalue weighted by Gasteiger charge is 2.83. The van der Waals surface area contributed by atoms with Crippen molar-refractivity contribution >= 4 is 29.7 Å². The van der Waals surface area contributed by atoms with Gasteiger partial charge in [-0.1, -0.05) is 6.92 Å². The molecule has 3 saturated heterocycles. The Bertz CT molecular complexity index is 1240. The Labute approximate surface area is 246 Å². The molecule has 0 aromatic heterocycles. The summed E-state index contributed by atoms with van der Waals surface area (Å²) in [5, 5.41) is 22.6. The van der Waals surface area contributed by atoms with Crippen LogP contribution in [-0.2, 0) is 61.9 Å². The Morgan fingerprint density at radius 3 is 2.12 bits per heavy atom. The summed E-state index contributed by atoms with van der Waals surface area (Å²) in [5.41, 5.74) is -3.37. The first-order chi connectivity index (χ1) is 20.1. The van der Waals surface area contributed by atoms with Crippen LogP contribution in [0, 0.1) is 10.8 Å². The lowest BCUT2D eigenvalue weighted by molar-refractivity contribution is -0.322. The Balaban J connectivity index is 1.57. The number of rotatable bonds is 7. The Hall–Kier alpha value is -2.95. The van der Waals surface area contributed by atoms with Crippen LogP contribution in [0.3, 0.4) is 0 Å². The van der Waals surface area contributed by atoms with Crippen molar-refractivity contribution in [2.75, 3.05) is 20.3 Å². The molecule has 5 rings (SSSR count). The molecule has 12 atom stereocenters. The SMILES string of the molecule is COC(=O)[C@H]1O[C@@H](OC[C@]23[C@H](O)C(=O)C(C)=C[C@H]2O[C@@H]2[C@H](O)C[C@@]3(C)[C@]23CO3)[C@H](OC(C)=O)[C@@H](OC(C)=O)[C@@H]1OC(C)=O. The Kier molecular flexibility index (Phi) is 7.97. The normalized spacial score (nSPS) is 44.6. The van der Waals surface area contributed by atoms with E-state index in [2.05, 4.69) is 0 Å². The van der Waals surface area contributed by atoms with Crippen molar-refractivity contribution in [2.24, 2.45) is 10.8 Å². The molecule has 15 nitrogen and oxygen atoms in total. The molecule has 238 valence electrons. The monoisotopic (exact) mass is 612 g/mol. The van der Waals surface area contributed by atoms with Gasteiger partial charge in [0.1, 0.15) is 17.8 Å². The van der Waals surface area contributed by atoms with Gasteiger partial charge in [-0.25, -0.2) is 4.79 Å². The number of aliphatic hydroxyl groups excluding tert-OH is 2. The number of hydrogen-bond acceptors (Lipinski definition) is 15. The van der Waals surface area contributed by atoms with Crippen LogP contribution in [0.5, 0.6) is 0 Å². The molecule has 1 saturated carbocycles. The Morgan fingerprint density at radius 2 is 1.56 bits per heavy atom. The van der Waals surface area contributed by atoms with Gasteiger partial charge in [0, 0.05) is 26.2 Å². The fourth-order valence-electron chi connectivity index (χ4n) is 7.42. The molecule has 2 aliphatic carbocycles. The number of fused-ring (bicyclic) bond motifs is 2. The second-order valence-electron chi connectivity index (χ2n) is 11.9. The predicted molar refractivity (Wildman–Crippen MR) is 137 cm³/mol. The van der Waals surface area contributed by atoms with Crippen molar-refractivity contribution < 1.29 is 72.1 Å². The number of epoxide rings is 1. The number of esters is 4. The number of Topliss-reactive ketones (excluding diaryl/α,β-unsaturated/α-hetero) is 1. The third-order valence-corrected chi connectivity index (χ3v) is 9.49. The van der Waals surface area contributed by atoms with Crippen LogP contribution in [-0.4, -0.2) is 121 Å². The summed E-state index contributed by atoms with van der Waals surface area (Å²) < 4.78 is 45.2. The summed E-state index contributed by atoms with van der Waals surface area (Å²) in [7, 11) is 1.06. The van der Waals surface area contributed by atoms with Gasteiger partial charge in [0.25, 0.3) is 0 Å². The minimum atomic E-state index is -1.70. The number of aliphatic hydroxyl groups is 2. The van der Waals surface area contributed by atoms with Gasteiger partial charge in [-0.2, -0.15) is 0 Å². The zero-order valence-electron chi connectivity index (χ0n) is 24.6. The highest BCUT2D eigenvalue weighted by molar-refractivity contribution is 6.00. The van der Waals surface area contributed by atoms with E-state index in [1.807, 2.05) is 0 Å². The number of carbonyl (C=O) groups is 5. The molecule has 0 amide bonds. The molecule has 0 radical (unpaired) electrons. The summed E-state index contributed by atoms with van der Waals surface area (Å²) in [6, 6.07) is 0. The maximum absolute atomic E-state index is 13.3. The minimum absolute atomic E-state index is 0.100. The molecule has 15 heteroatoms. The van der Waals surface area contributed by atoms with E-state index in [1.54, 1.807) is 19.9 Å². The van der Waals surface area contributed by atoms with Crippen molar-refractivity contribution in [2.45, 2.75) is 102 Å². The summed E-state index contributed by atoms with van der Waals surface area (Å²) in [5.74, 6) is -4.16. The van der Waals surface area contributed by atoms with E-state index in [4.69, 9.17) is 37.9 Å². The summed E-state index contributed by atoms with van der Waals surface area (Å²) in [6.07, 6.45) is -10.8. The molecule has 43 heavy (non-hydrogen) atoms. The molecule has 5 aliphatic rings. The van der Waals surface area contributed by atoms with E-state index in [1.165, 1.54) is 0 Å². The van der Waals surface area contributed by atoms with Crippen LogP contribution in [0.2, 0.25) is 0 Å². The molecule has 2 N–H and O–H groups in total. The van der Waals surface area contributed by atoms with Gasteiger partial charge in [0.15, 0.2) is 36.5 Å². The Morgan fingerprint density at radius 1 is 0.977 bits per heavy atom. The molecule has 0 aromatic carbocycles. The van der Waals surface area contributed by atoms with E-state index in [9.17, 15) is 34.2 Å². The molecule has 0 unspecified atom stereocenters. The third-order valence-electron chi connectivity index (χ3n) is 9.49. The van der Waals surface area contributed by atoms with Crippen LogP contribution in [0.4, 0.5) is 0 Å². The smallest absolute Gasteiger partial charge is 0.339 e. The molecule has 2 bridgehead atoms. The third kappa shape index (κ3) is 4.68. The van der Waals surface area contributed by atoms with Crippen LogP contribution < -0.4 is 0 Å². The van der Waals surface area contributed by atoms with Gasteiger partial charge in [-0.05, 0) is 25.0 Å². The van der Waals surface area contributed by atoms with Gasteiger partial charge in [0.2, 0.25) is 0 Å². The molecular weight excluding hydrogens is 576 g/mol. The first kappa shape index (κ1) is 31.5. The van der Waals surface area contributed by atoms with Gasteiger partial charge < -0.3 is 48.1 Å². The molecule has 3 aliphatic heterocycles. The van der Waals surface area contributed by atoms with E-state index in [0.29, 0.717) is 0 Å². The summed E-state index contributed by atoms with van der Waals surface area (Å²) in [6.45, 7) is 6.24. The maximum Gasteiger partial charge on any atom is 0.339 e.